The highest BCUT2D eigenvalue weighted by atomic mass is 16.2. The fourth-order valence-corrected chi connectivity index (χ4v) is 2.54. The summed E-state index contributed by atoms with van der Waals surface area (Å²) in [6, 6.07) is 9.84. The molecule has 0 aliphatic heterocycles. The molecule has 21 heavy (non-hydrogen) atoms. The molecule has 0 saturated heterocycles. The molecule has 0 unspecified atom stereocenters. The van der Waals surface area contributed by atoms with E-state index in [4.69, 9.17) is 5.73 Å². The Kier molecular flexibility index (Phi) is 4.03. The Morgan fingerprint density at radius 2 is 1.48 bits per heavy atom. The van der Waals surface area contributed by atoms with Gasteiger partial charge in [-0.25, -0.2) is 0 Å². The lowest BCUT2D eigenvalue weighted by Crippen LogP contribution is -2.27. The Bertz CT molecular complexity index is 684. The van der Waals surface area contributed by atoms with E-state index in [2.05, 4.69) is 6.07 Å². The van der Waals surface area contributed by atoms with Crippen LogP contribution in [-0.4, -0.2) is 13.0 Å². The van der Waals surface area contributed by atoms with Gasteiger partial charge in [-0.2, -0.15) is 0 Å². The van der Waals surface area contributed by atoms with Gasteiger partial charge in [0.2, 0.25) is 0 Å². The van der Waals surface area contributed by atoms with E-state index in [1.807, 2.05) is 45.9 Å². The number of amides is 1. The number of nitrogen functional groups attached to an aromatic ring is 1. The zero-order valence-corrected chi connectivity index (χ0v) is 13.3. The lowest BCUT2D eigenvalue weighted by Gasteiger charge is -2.20. The summed E-state index contributed by atoms with van der Waals surface area (Å²) in [6.45, 7) is 7.95. The maximum absolute atomic E-state index is 12.7. The first-order valence-electron chi connectivity index (χ1n) is 7.02. The van der Waals surface area contributed by atoms with Crippen LogP contribution in [0.1, 0.15) is 32.6 Å². The van der Waals surface area contributed by atoms with Crippen molar-refractivity contribution in [3.8, 4) is 0 Å². The molecule has 3 heteroatoms. The van der Waals surface area contributed by atoms with E-state index < -0.39 is 0 Å². The third-order valence-corrected chi connectivity index (χ3v) is 3.74. The highest BCUT2D eigenvalue weighted by Gasteiger charge is 2.17. The van der Waals surface area contributed by atoms with Gasteiger partial charge >= 0.3 is 0 Å². The van der Waals surface area contributed by atoms with Gasteiger partial charge in [-0.05, 0) is 68.1 Å². The third-order valence-electron chi connectivity index (χ3n) is 3.74. The van der Waals surface area contributed by atoms with E-state index in [1.165, 1.54) is 0 Å². The maximum atomic E-state index is 12.7. The van der Waals surface area contributed by atoms with Gasteiger partial charge in [-0.15, -0.1) is 0 Å². The average Bonchev–Trinajstić information content (AvgIpc) is 2.40. The van der Waals surface area contributed by atoms with Crippen molar-refractivity contribution in [3.05, 3.63) is 58.1 Å². The first-order valence-corrected chi connectivity index (χ1v) is 7.02. The molecule has 0 fully saturated rings. The molecule has 0 spiro atoms. The summed E-state index contributed by atoms with van der Waals surface area (Å²) in [4.78, 5) is 14.4. The molecule has 1 amide bonds. The van der Waals surface area contributed by atoms with E-state index in [-0.39, 0.29) is 5.91 Å². The Morgan fingerprint density at radius 3 is 2.05 bits per heavy atom. The summed E-state index contributed by atoms with van der Waals surface area (Å²) >= 11 is 0. The summed E-state index contributed by atoms with van der Waals surface area (Å²) in [5.74, 6) is -0.0378. The van der Waals surface area contributed by atoms with Gasteiger partial charge in [0.1, 0.15) is 0 Å². The van der Waals surface area contributed by atoms with Crippen LogP contribution in [0.25, 0.3) is 0 Å². The molecule has 2 aromatic rings. The Labute approximate surface area is 126 Å². The van der Waals surface area contributed by atoms with E-state index in [1.54, 1.807) is 18.0 Å². The molecule has 2 rings (SSSR count). The summed E-state index contributed by atoms with van der Waals surface area (Å²) in [7, 11) is 1.80. The third kappa shape index (κ3) is 3.07. The van der Waals surface area contributed by atoms with Crippen molar-refractivity contribution in [1.82, 2.24) is 0 Å². The van der Waals surface area contributed by atoms with Gasteiger partial charge < -0.3 is 10.6 Å². The minimum atomic E-state index is -0.0378. The maximum Gasteiger partial charge on any atom is 0.258 e. The zero-order valence-electron chi connectivity index (χ0n) is 13.3. The molecular formula is C18H22N2O. The zero-order chi connectivity index (χ0) is 15.7. The van der Waals surface area contributed by atoms with Crippen molar-refractivity contribution in [2.24, 2.45) is 0 Å². The number of hydrogen-bond donors (Lipinski definition) is 1. The minimum Gasteiger partial charge on any atom is -0.398 e. The van der Waals surface area contributed by atoms with Crippen LogP contribution in [0.2, 0.25) is 0 Å². The van der Waals surface area contributed by atoms with Gasteiger partial charge in [-0.1, -0.05) is 12.1 Å². The normalized spacial score (nSPS) is 10.5. The lowest BCUT2D eigenvalue weighted by atomic mass is 10.0. The molecule has 0 saturated carbocycles. The first kappa shape index (κ1) is 15.1. The van der Waals surface area contributed by atoms with Crippen LogP contribution in [0.3, 0.4) is 0 Å². The highest BCUT2D eigenvalue weighted by Crippen LogP contribution is 2.23. The van der Waals surface area contributed by atoms with Crippen LogP contribution >= 0.6 is 0 Å². The molecule has 0 bridgehead atoms. The standard InChI is InChI=1S/C18H22N2O/c1-11-6-12(2)8-15(7-11)20(5)18(21)16-10-17(19)14(4)9-13(16)3/h6-10H,19H2,1-5H3. The van der Waals surface area contributed by atoms with Crippen LogP contribution in [0.15, 0.2) is 30.3 Å². The molecule has 2 N–H and O–H groups in total. The quantitative estimate of drug-likeness (QED) is 0.852. The van der Waals surface area contributed by atoms with Crippen LogP contribution in [0.4, 0.5) is 11.4 Å². The minimum absolute atomic E-state index is 0.0378. The summed E-state index contributed by atoms with van der Waals surface area (Å²) in [5.41, 5.74) is 12.4. The second-order valence-corrected chi connectivity index (χ2v) is 5.73. The SMILES string of the molecule is Cc1cc(C)cc(N(C)C(=O)c2cc(N)c(C)cc2C)c1. The molecule has 0 radical (unpaired) electrons. The number of anilines is 2. The largest absolute Gasteiger partial charge is 0.398 e. The predicted molar refractivity (Wildman–Crippen MR) is 89.0 cm³/mol. The molecule has 2 aromatic carbocycles. The fourth-order valence-electron chi connectivity index (χ4n) is 2.54. The second kappa shape index (κ2) is 5.60. The van der Waals surface area contributed by atoms with E-state index >= 15 is 0 Å². The Balaban J connectivity index is 2.42. The monoisotopic (exact) mass is 282 g/mol. The van der Waals surface area contributed by atoms with Crippen molar-refractivity contribution in [3.63, 3.8) is 0 Å². The number of hydrogen-bond acceptors (Lipinski definition) is 2. The number of nitrogens with zero attached hydrogens (tertiary/aromatic N) is 1. The van der Waals surface area contributed by atoms with Crippen LogP contribution in [0.5, 0.6) is 0 Å². The number of rotatable bonds is 2. The van der Waals surface area contributed by atoms with Crippen molar-refractivity contribution in [2.75, 3.05) is 17.7 Å². The second-order valence-electron chi connectivity index (χ2n) is 5.73. The van der Waals surface area contributed by atoms with Crippen LogP contribution in [-0.2, 0) is 0 Å². The molecule has 110 valence electrons. The van der Waals surface area contributed by atoms with E-state index in [0.29, 0.717) is 11.3 Å². The molecule has 0 heterocycles. The van der Waals surface area contributed by atoms with E-state index in [0.717, 1.165) is 27.9 Å². The number of carbonyl (C=O) groups excluding carboxylic acids is 1. The number of nitrogens with two attached hydrogens (primary N) is 1. The van der Waals surface area contributed by atoms with Crippen molar-refractivity contribution < 1.29 is 4.79 Å². The number of benzene rings is 2. The van der Waals surface area contributed by atoms with Gasteiger partial charge in [0.15, 0.2) is 0 Å². The van der Waals surface area contributed by atoms with Gasteiger partial charge in [0, 0.05) is 24.0 Å². The molecule has 0 aliphatic carbocycles. The average molecular weight is 282 g/mol. The fraction of sp³-hybridized carbons (Fsp3) is 0.278. The highest BCUT2D eigenvalue weighted by molar-refractivity contribution is 6.07. The van der Waals surface area contributed by atoms with Gasteiger partial charge in [0.25, 0.3) is 5.91 Å². The lowest BCUT2D eigenvalue weighted by molar-refractivity contribution is 0.0992. The van der Waals surface area contributed by atoms with Crippen molar-refractivity contribution in [2.45, 2.75) is 27.7 Å². The van der Waals surface area contributed by atoms with Crippen LogP contribution < -0.4 is 10.6 Å². The molecule has 0 aliphatic rings. The summed E-state index contributed by atoms with van der Waals surface area (Å²) in [5, 5.41) is 0. The molecule has 0 aromatic heterocycles. The number of carbonyl (C=O) groups is 1. The summed E-state index contributed by atoms with van der Waals surface area (Å²) in [6.07, 6.45) is 0. The molecule has 3 nitrogen and oxygen atoms in total. The Morgan fingerprint density at radius 1 is 0.905 bits per heavy atom. The smallest absolute Gasteiger partial charge is 0.258 e. The topological polar surface area (TPSA) is 46.3 Å². The summed E-state index contributed by atoms with van der Waals surface area (Å²) < 4.78 is 0. The predicted octanol–water partition coefficient (Wildman–Crippen LogP) is 3.78. The van der Waals surface area contributed by atoms with Crippen molar-refractivity contribution >= 4 is 17.3 Å². The number of aryl methyl sites for hydroxylation is 4. The van der Waals surface area contributed by atoms with Gasteiger partial charge in [-0.3, -0.25) is 4.79 Å². The Hall–Kier alpha value is -2.29. The molecule has 0 atom stereocenters. The van der Waals surface area contributed by atoms with Crippen LogP contribution in [0, 0.1) is 27.7 Å². The van der Waals surface area contributed by atoms with Gasteiger partial charge in [0.05, 0.1) is 0 Å². The van der Waals surface area contributed by atoms with Crippen molar-refractivity contribution in [1.29, 1.82) is 0 Å². The first-order chi connectivity index (χ1) is 9.79. The van der Waals surface area contributed by atoms with E-state index in [9.17, 15) is 4.79 Å². The molecular weight excluding hydrogens is 260 g/mol.